The molecule has 0 aromatic rings. The zero-order valence-corrected chi connectivity index (χ0v) is 24.7. The van der Waals surface area contributed by atoms with Crippen molar-refractivity contribution in [2.24, 2.45) is 58.2 Å². The second kappa shape index (κ2) is 10.4. The van der Waals surface area contributed by atoms with Crippen molar-refractivity contribution < 1.29 is 22.8 Å². The molecule has 4 saturated carbocycles. The molecule has 10 atom stereocenters. The molecule has 4 fully saturated rings. The Morgan fingerprint density at radius 3 is 2.35 bits per heavy atom. The van der Waals surface area contributed by atoms with Gasteiger partial charge < -0.3 is 5.32 Å². The van der Waals surface area contributed by atoms with Gasteiger partial charge in [0.05, 0.1) is 5.75 Å². The lowest BCUT2D eigenvalue weighted by Crippen LogP contribution is -2.60. The van der Waals surface area contributed by atoms with Crippen LogP contribution in [0.4, 0.5) is 0 Å². The molecule has 0 saturated heterocycles. The molecule has 0 heterocycles. The molecule has 4 aliphatic carbocycles. The first kappa shape index (κ1) is 28.8. The van der Waals surface area contributed by atoms with Gasteiger partial charge in [0.15, 0.2) is 0 Å². The standard InChI is InChI=1S/C30H49NO5S/c1-7-21-25-17-20(32)10-12-30(25,5)24-11-13-29(4)22(8-9-23(29)26(24)27(21)33)18(2)16-19(3)28(34)31-14-15-37(6,35)36/h18-19,21-26H,7-17H2,1-6H3,(H,31,34)/t18-,19+,21-,22-,23?,24?,25?,26?,29-,30-/m1/s1. The molecule has 6 nitrogen and oxygen atoms in total. The molecular formula is C30H49NO5S. The zero-order chi connectivity index (χ0) is 27.3. The molecule has 7 heteroatoms. The van der Waals surface area contributed by atoms with Crippen molar-refractivity contribution in [3.63, 3.8) is 0 Å². The second-order valence-corrected chi connectivity index (χ2v) is 16.0. The molecule has 4 aliphatic rings. The molecule has 210 valence electrons. The SMILES string of the molecule is CC[C@H]1C(=O)C2C(CC[C@@]3(C)C2CC[C@@H]3[C@H](C)C[C@H](C)C(=O)NCCS(C)(=O)=O)[C@@]2(C)CCC(=O)CC12. The smallest absolute Gasteiger partial charge is 0.222 e. The minimum Gasteiger partial charge on any atom is -0.355 e. The van der Waals surface area contributed by atoms with Gasteiger partial charge in [-0.1, -0.05) is 34.6 Å². The topological polar surface area (TPSA) is 97.4 Å². The number of hydrogen-bond acceptors (Lipinski definition) is 5. The maximum absolute atomic E-state index is 14.1. The van der Waals surface area contributed by atoms with Gasteiger partial charge in [0, 0.05) is 43.4 Å². The van der Waals surface area contributed by atoms with Gasteiger partial charge in [0.1, 0.15) is 21.4 Å². The Hall–Kier alpha value is -1.24. The summed E-state index contributed by atoms with van der Waals surface area (Å²) in [6.07, 6.45) is 9.41. The summed E-state index contributed by atoms with van der Waals surface area (Å²) in [6, 6.07) is 0. The fourth-order valence-corrected chi connectivity index (χ4v) is 10.3. The number of rotatable bonds is 8. The minimum absolute atomic E-state index is 0.0185. The van der Waals surface area contributed by atoms with Crippen LogP contribution in [-0.2, 0) is 24.2 Å². The van der Waals surface area contributed by atoms with Crippen LogP contribution in [-0.4, -0.2) is 44.4 Å². The lowest BCUT2D eigenvalue weighted by molar-refractivity contribution is -0.170. The van der Waals surface area contributed by atoms with E-state index in [9.17, 15) is 22.8 Å². The quantitative estimate of drug-likeness (QED) is 0.479. The Balaban J connectivity index is 1.48. The third kappa shape index (κ3) is 5.19. The molecule has 1 N–H and O–H groups in total. The molecule has 0 aromatic heterocycles. The van der Waals surface area contributed by atoms with E-state index in [4.69, 9.17) is 0 Å². The van der Waals surface area contributed by atoms with E-state index in [1.807, 2.05) is 6.92 Å². The van der Waals surface area contributed by atoms with Crippen molar-refractivity contribution in [1.29, 1.82) is 0 Å². The first-order valence-electron chi connectivity index (χ1n) is 14.7. The van der Waals surface area contributed by atoms with Gasteiger partial charge in [-0.05, 0) is 85.4 Å². The predicted molar refractivity (Wildman–Crippen MR) is 145 cm³/mol. The summed E-state index contributed by atoms with van der Waals surface area (Å²) in [6.45, 7) is 11.3. The fraction of sp³-hybridized carbons (Fsp3) is 0.900. The van der Waals surface area contributed by atoms with E-state index < -0.39 is 9.84 Å². The molecule has 37 heavy (non-hydrogen) atoms. The van der Waals surface area contributed by atoms with Crippen LogP contribution in [0.3, 0.4) is 0 Å². The lowest BCUT2D eigenvalue weighted by Gasteiger charge is -2.61. The molecular weight excluding hydrogens is 486 g/mol. The van der Waals surface area contributed by atoms with Crippen LogP contribution >= 0.6 is 0 Å². The number of fused-ring (bicyclic) bond motifs is 5. The van der Waals surface area contributed by atoms with E-state index in [2.05, 4.69) is 33.0 Å². The van der Waals surface area contributed by atoms with Crippen molar-refractivity contribution >= 4 is 27.3 Å². The van der Waals surface area contributed by atoms with Crippen LogP contribution in [0.15, 0.2) is 0 Å². The Bertz CT molecular complexity index is 1020. The van der Waals surface area contributed by atoms with Crippen molar-refractivity contribution in [2.75, 3.05) is 18.6 Å². The monoisotopic (exact) mass is 535 g/mol. The van der Waals surface area contributed by atoms with Gasteiger partial charge in [-0.25, -0.2) is 8.42 Å². The number of sulfone groups is 1. The third-order valence-electron chi connectivity index (χ3n) is 11.7. The zero-order valence-electron chi connectivity index (χ0n) is 23.8. The van der Waals surface area contributed by atoms with Gasteiger partial charge in [-0.3, -0.25) is 14.4 Å². The third-order valence-corrected chi connectivity index (χ3v) is 12.6. The van der Waals surface area contributed by atoms with E-state index in [1.54, 1.807) is 0 Å². The number of carbonyl (C=O) groups excluding carboxylic acids is 3. The molecule has 0 aromatic carbocycles. The average molecular weight is 536 g/mol. The number of carbonyl (C=O) groups is 3. The summed E-state index contributed by atoms with van der Waals surface area (Å²) < 4.78 is 22.8. The fourth-order valence-electron chi connectivity index (χ4n) is 9.78. The highest BCUT2D eigenvalue weighted by molar-refractivity contribution is 7.90. The highest BCUT2D eigenvalue weighted by Gasteiger charge is 2.65. The van der Waals surface area contributed by atoms with E-state index in [0.717, 1.165) is 44.9 Å². The summed E-state index contributed by atoms with van der Waals surface area (Å²) >= 11 is 0. The Morgan fingerprint density at radius 2 is 1.70 bits per heavy atom. The summed E-state index contributed by atoms with van der Waals surface area (Å²) in [5.41, 5.74) is 0.200. The van der Waals surface area contributed by atoms with Crippen molar-refractivity contribution in [1.82, 2.24) is 5.32 Å². The molecule has 0 spiro atoms. The van der Waals surface area contributed by atoms with Crippen LogP contribution in [0.1, 0.15) is 92.4 Å². The van der Waals surface area contributed by atoms with Crippen LogP contribution in [0.25, 0.3) is 0 Å². The van der Waals surface area contributed by atoms with E-state index in [-0.39, 0.29) is 52.7 Å². The van der Waals surface area contributed by atoms with E-state index in [1.165, 1.54) is 6.26 Å². The molecule has 1 amide bonds. The van der Waals surface area contributed by atoms with E-state index in [0.29, 0.717) is 48.1 Å². The van der Waals surface area contributed by atoms with E-state index >= 15 is 0 Å². The largest absolute Gasteiger partial charge is 0.355 e. The molecule has 4 unspecified atom stereocenters. The molecule has 0 aliphatic heterocycles. The molecule has 0 bridgehead atoms. The summed E-state index contributed by atoms with van der Waals surface area (Å²) in [4.78, 5) is 39.2. The van der Waals surface area contributed by atoms with Gasteiger partial charge in [0.2, 0.25) is 5.91 Å². The number of hydrogen-bond donors (Lipinski definition) is 1. The Morgan fingerprint density at radius 1 is 1.03 bits per heavy atom. The summed E-state index contributed by atoms with van der Waals surface area (Å²) in [5.74, 6) is 2.51. The normalized spacial score (nSPS) is 41.4. The highest BCUT2D eigenvalue weighted by Crippen LogP contribution is 2.68. The van der Waals surface area contributed by atoms with Crippen LogP contribution in [0.2, 0.25) is 0 Å². The number of amides is 1. The van der Waals surface area contributed by atoms with Gasteiger partial charge >= 0.3 is 0 Å². The van der Waals surface area contributed by atoms with Crippen molar-refractivity contribution in [3.05, 3.63) is 0 Å². The Kier molecular flexibility index (Phi) is 8.07. The van der Waals surface area contributed by atoms with Crippen LogP contribution in [0.5, 0.6) is 0 Å². The summed E-state index contributed by atoms with van der Waals surface area (Å²) in [5, 5.41) is 2.80. The van der Waals surface area contributed by atoms with Gasteiger partial charge in [-0.2, -0.15) is 0 Å². The maximum atomic E-state index is 14.1. The highest BCUT2D eigenvalue weighted by atomic mass is 32.2. The molecule has 0 radical (unpaired) electrons. The maximum Gasteiger partial charge on any atom is 0.222 e. The number of nitrogens with one attached hydrogen (secondary N) is 1. The van der Waals surface area contributed by atoms with Crippen molar-refractivity contribution in [2.45, 2.75) is 92.4 Å². The lowest BCUT2D eigenvalue weighted by atomic mass is 9.42. The number of Topliss-reactive ketones (excluding diaryl/α,β-unsaturated/α-hetero) is 2. The van der Waals surface area contributed by atoms with Crippen LogP contribution in [0, 0.1) is 58.2 Å². The number of ketones is 2. The Labute approximate surface area is 224 Å². The first-order valence-corrected chi connectivity index (χ1v) is 16.8. The second-order valence-electron chi connectivity index (χ2n) is 13.8. The average Bonchev–Trinajstić information content (AvgIpc) is 3.16. The predicted octanol–water partition coefficient (Wildman–Crippen LogP) is 4.85. The summed E-state index contributed by atoms with van der Waals surface area (Å²) in [7, 11) is -3.10. The minimum atomic E-state index is -3.10. The first-order chi connectivity index (χ1) is 17.2. The van der Waals surface area contributed by atoms with Gasteiger partial charge in [0.25, 0.3) is 0 Å². The molecule has 4 rings (SSSR count). The van der Waals surface area contributed by atoms with Gasteiger partial charge in [-0.15, -0.1) is 0 Å². The van der Waals surface area contributed by atoms with Crippen LogP contribution < -0.4 is 5.32 Å². The van der Waals surface area contributed by atoms with Crippen molar-refractivity contribution in [3.8, 4) is 0 Å².